The standard InChI is InChI=1S/C10H11BrF2O/c1-10(2,3)14-9-7(12)4-6(11)5-8(9)13/h4-5H,1-3H3. The zero-order valence-corrected chi connectivity index (χ0v) is 9.78. The average molecular weight is 265 g/mol. The quantitative estimate of drug-likeness (QED) is 0.748. The van der Waals surface area contributed by atoms with Crippen LogP contribution in [0.4, 0.5) is 8.78 Å². The summed E-state index contributed by atoms with van der Waals surface area (Å²) in [5, 5.41) is 0. The summed E-state index contributed by atoms with van der Waals surface area (Å²) in [6.45, 7) is 5.19. The summed E-state index contributed by atoms with van der Waals surface area (Å²) in [7, 11) is 0. The van der Waals surface area contributed by atoms with Crippen LogP contribution in [0.1, 0.15) is 20.8 Å². The van der Waals surface area contributed by atoms with Crippen LogP contribution in [0.2, 0.25) is 0 Å². The van der Waals surface area contributed by atoms with Crippen molar-refractivity contribution < 1.29 is 13.5 Å². The molecular weight excluding hydrogens is 254 g/mol. The van der Waals surface area contributed by atoms with Gasteiger partial charge in [0, 0.05) is 4.47 Å². The molecule has 0 saturated heterocycles. The van der Waals surface area contributed by atoms with Gasteiger partial charge in [-0.05, 0) is 32.9 Å². The molecule has 0 heterocycles. The first kappa shape index (κ1) is 11.4. The molecule has 4 heteroatoms. The van der Waals surface area contributed by atoms with Crippen molar-refractivity contribution in [2.75, 3.05) is 0 Å². The molecule has 1 aromatic rings. The van der Waals surface area contributed by atoms with Crippen molar-refractivity contribution in [2.24, 2.45) is 0 Å². The van der Waals surface area contributed by atoms with Crippen molar-refractivity contribution >= 4 is 15.9 Å². The fraction of sp³-hybridized carbons (Fsp3) is 0.400. The Kier molecular flexibility index (Phi) is 3.14. The zero-order valence-electron chi connectivity index (χ0n) is 8.20. The Morgan fingerprint density at radius 1 is 1.14 bits per heavy atom. The summed E-state index contributed by atoms with van der Waals surface area (Å²) in [5.41, 5.74) is -0.616. The molecule has 0 atom stereocenters. The average Bonchev–Trinajstić information content (AvgIpc) is 1.95. The zero-order chi connectivity index (χ0) is 10.9. The molecule has 0 aromatic heterocycles. The third kappa shape index (κ3) is 2.94. The van der Waals surface area contributed by atoms with Gasteiger partial charge in [0.15, 0.2) is 17.4 Å². The van der Waals surface area contributed by atoms with Gasteiger partial charge >= 0.3 is 0 Å². The molecule has 1 rings (SSSR count). The van der Waals surface area contributed by atoms with Gasteiger partial charge in [-0.1, -0.05) is 15.9 Å². The highest BCUT2D eigenvalue weighted by molar-refractivity contribution is 9.10. The van der Waals surface area contributed by atoms with E-state index in [0.717, 1.165) is 0 Å². The summed E-state index contributed by atoms with van der Waals surface area (Å²) in [6, 6.07) is 2.34. The van der Waals surface area contributed by atoms with Gasteiger partial charge < -0.3 is 4.74 Å². The number of halogens is 3. The molecule has 0 amide bonds. The second kappa shape index (κ2) is 3.85. The highest BCUT2D eigenvalue weighted by Crippen LogP contribution is 2.28. The first-order valence-corrected chi connectivity index (χ1v) is 4.92. The molecule has 0 unspecified atom stereocenters. The number of ether oxygens (including phenoxy) is 1. The van der Waals surface area contributed by atoms with Gasteiger partial charge in [-0.2, -0.15) is 0 Å². The van der Waals surface area contributed by atoms with E-state index in [9.17, 15) is 8.78 Å². The molecule has 0 aliphatic carbocycles. The van der Waals surface area contributed by atoms with E-state index in [4.69, 9.17) is 4.74 Å². The van der Waals surface area contributed by atoms with Crippen molar-refractivity contribution in [3.8, 4) is 5.75 Å². The van der Waals surface area contributed by atoms with Gasteiger partial charge in [-0.3, -0.25) is 0 Å². The van der Waals surface area contributed by atoms with Crippen molar-refractivity contribution in [1.29, 1.82) is 0 Å². The summed E-state index contributed by atoms with van der Waals surface area (Å²) >= 11 is 2.99. The lowest BCUT2D eigenvalue weighted by Gasteiger charge is -2.21. The Morgan fingerprint density at radius 3 is 1.93 bits per heavy atom. The predicted octanol–water partition coefficient (Wildman–Crippen LogP) is 3.90. The SMILES string of the molecule is CC(C)(C)Oc1c(F)cc(Br)cc1F. The molecular formula is C10H11BrF2O. The summed E-state index contributed by atoms with van der Waals surface area (Å²) in [5.74, 6) is -1.74. The number of benzene rings is 1. The first-order chi connectivity index (χ1) is 6.29. The molecule has 78 valence electrons. The third-order valence-electron chi connectivity index (χ3n) is 1.37. The first-order valence-electron chi connectivity index (χ1n) is 4.13. The third-order valence-corrected chi connectivity index (χ3v) is 1.83. The Bertz CT molecular complexity index is 321. The smallest absolute Gasteiger partial charge is 0.191 e. The van der Waals surface area contributed by atoms with Crippen LogP contribution in [0.3, 0.4) is 0 Å². The van der Waals surface area contributed by atoms with E-state index in [1.165, 1.54) is 12.1 Å². The Balaban J connectivity index is 3.09. The van der Waals surface area contributed by atoms with Crippen LogP contribution in [0.5, 0.6) is 5.75 Å². The van der Waals surface area contributed by atoms with Crippen LogP contribution in [-0.2, 0) is 0 Å². The van der Waals surface area contributed by atoms with Gasteiger partial charge in [-0.25, -0.2) is 8.78 Å². The van der Waals surface area contributed by atoms with Crippen LogP contribution in [0, 0.1) is 11.6 Å². The molecule has 0 bridgehead atoms. The Morgan fingerprint density at radius 2 is 1.57 bits per heavy atom. The van der Waals surface area contributed by atoms with Crippen LogP contribution in [0.25, 0.3) is 0 Å². The van der Waals surface area contributed by atoms with E-state index < -0.39 is 17.2 Å². The molecule has 0 spiro atoms. The molecule has 0 aliphatic rings. The molecule has 14 heavy (non-hydrogen) atoms. The number of hydrogen-bond acceptors (Lipinski definition) is 1. The highest BCUT2D eigenvalue weighted by atomic mass is 79.9. The minimum absolute atomic E-state index is 0.333. The van der Waals surface area contributed by atoms with Gasteiger partial charge in [0.25, 0.3) is 0 Å². The van der Waals surface area contributed by atoms with Crippen molar-refractivity contribution in [3.63, 3.8) is 0 Å². The van der Waals surface area contributed by atoms with Crippen molar-refractivity contribution in [2.45, 2.75) is 26.4 Å². The van der Waals surface area contributed by atoms with Crippen LogP contribution >= 0.6 is 15.9 Å². The monoisotopic (exact) mass is 264 g/mol. The van der Waals surface area contributed by atoms with E-state index in [2.05, 4.69) is 15.9 Å². The largest absolute Gasteiger partial charge is 0.482 e. The lowest BCUT2D eigenvalue weighted by atomic mass is 10.2. The van der Waals surface area contributed by atoms with E-state index >= 15 is 0 Å². The number of hydrogen-bond donors (Lipinski definition) is 0. The van der Waals surface area contributed by atoms with E-state index in [1.54, 1.807) is 20.8 Å². The Hall–Kier alpha value is -0.640. The lowest BCUT2D eigenvalue weighted by molar-refractivity contribution is 0.117. The molecule has 1 nitrogen and oxygen atoms in total. The minimum atomic E-state index is -0.702. The van der Waals surface area contributed by atoms with Crippen LogP contribution in [0.15, 0.2) is 16.6 Å². The van der Waals surface area contributed by atoms with Crippen molar-refractivity contribution in [3.05, 3.63) is 28.2 Å². The predicted molar refractivity (Wildman–Crippen MR) is 54.4 cm³/mol. The molecule has 0 N–H and O–H groups in total. The summed E-state index contributed by atoms with van der Waals surface area (Å²) in [4.78, 5) is 0. The maximum Gasteiger partial charge on any atom is 0.191 e. The molecule has 0 fully saturated rings. The second-order valence-corrected chi connectivity index (χ2v) is 4.83. The fourth-order valence-electron chi connectivity index (χ4n) is 0.933. The summed E-state index contributed by atoms with van der Waals surface area (Å²) < 4.78 is 32.0. The van der Waals surface area contributed by atoms with Gasteiger partial charge in [-0.15, -0.1) is 0 Å². The molecule has 0 aliphatic heterocycles. The summed E-state index contributed by atoms with van der Waals surface area (Å²) in [6.07, 6.45) is 0. The van der Waals surface area contributed by atoms with Crippen molar-refractivity contribution in [1.82, 2.24) is 0 Å². The topological polar surface area (TPSA) is 9.23 Å². The highest BCUT2D eigenvalue weighted by Gasteiger charge is 2.19. The second-order valence-electron chi connectivity index (χ2n) is 3.91. The van der Waals surface area contributed by atoms with Crippen LogP contribution in [-0.4, -0.2) is 5.60 Å². The van der Waals surface area contributed by atoms with Gasteiger partial charge in [0.2, 0.25) is 0 Å². The number of rotatable bonds is 1. The maximum absolute atomic E-state index is 13.2. The Labute approximate surface area is 90.2 Å². The normalized spacial score (nSPS) is 11.6. The molecule has 1 aromatic carbocycles. The lowest BCUT2D eigenvalue weighted by Crippen LogP contribution is -2.24. The minimum Gasteiger partial charge on any atom is -0.482 e. The van der Waals surface area contributed by atoms with Crippen LogP contribution < -0.4 is 4.74 Å². The van der Waals surface area contributed by atoms with E-state index in [1.807, 2.05) is 0 Å². The van der Waals surface area contributed by atoms with E-state index in [0.29, 0.717) is 4.47 Å². The molecule has 0 saturated carbocycles. The molecule has 0 radical (unpaired) electrons. The fourth-order valence-corrected chi connectivity index (χ4v) is 1.33. The van der Waals surface area contributed by atoms with Gasteiger partial charge in [0.1, 0.15) is 5.60 Å². The van der Waals surface area contributed by atoms with E-state index in [-0.39, 0.29) is 5.75 Å². The van der Waals surface area contributed by atoms with Gasteiger partial charge in [0.05, 0.1) is 0 Å². The maximum atomic E-state index is 13.2.